The van der Waals surface area contributed by atoms with Crippen molar-refractivity contribution >= 4 is 23.3 Å². The van der Waals surface area contributed by atoms with Crippen LogP contribution in [-0.2, 0) is 9.59 Å². The molecule has 0 saturated carbocycles. The number of nitrogens with zero attached hydrogens (tertiary/aromatic N) is 2. The van der Waals surface area contributed by atoms with E-state index in [1.165, 1.54) is 5.69 Å². The van der Waals surface area contributed by atoms with Gasteiger partial charge in [-0.3, -0.25) is 9.59 Å². The average molecular weight is 362 g/mol. The number of piperidine rings is 1. The van der Waals surface area contributed by atoms with E-state index in [9.17, 15) is 4.79 Å². The summed E-state index contributed by atoms with van der Waals surface area (Å²) in [5.41, 5.74) is 2.15. The summed E-state index contributed by atoms with van der Waals surface area (Å²) in [4.78, 5) is 26.0. The summed E-state index contributed by atoms with van der Waals surface area (Å²) in [6.45, 7) is 7.32. The minimum Gasteiger partial charge on any atom is -0.481 e. The number of likely N-dealkylation sites (N-methyl/N-ethyl adjacent to an activating group) is 1. The van der Waals surface area contributed by atoms with Gasteiger partial charge in [-0.05, 0) is 57.2 Å². The van der Waals surface area contributed by atoms with Gasteiger partial charge in [0.15, 0.2) is 0 Å². The van der Waals surface area contributed by atoms with Gasteiger partial charge in [-0.1, -0.05) is 0 Å². The van der Waals surface area contributed by atoms with Crippen molar-refractivity contribution in [2.45, 2.75) is 19.8 Å². The number of benzene rings is 1. The maximum Gasteiger partial charge on any atom is 0.300 e. The fourth-order valence-corrected chi connectivity index (χ4v) is 3.15. The number of piperazine rings is 1. The van der Waals surface area contributed by atoms with Gasteiger partial charge in [-0.2, -0.15) is 0 Å². The predicted molar refractivity (Wildman–Crippen MR) is 104 cm³/mol. The molecule has 0 unspecified atom stereocenters. The number of carbonyl (C=O) groups excluding carboxylic acids is 1. The summed E-state index contributed by atoms with van der Waals surface area (Å²) in [5, 5.41) is 13.8. The lowest BCUT2D eigenvalue weighted by Gasteiger charge is -2.34. The zero-order valence-electron chi connectivity index (χ0n) is 15.7. The molecule has 2 aliphatic rings. The second kappa shape index (κ2) is 10.1. The first-order valence-corrected chi connectivity index (χ1v) is 9.20. The fourth-order valence-electron chi connectivity index (χ4n) is 3.15. The molecule has 3 rings (SSSR count). The van der Waals surface area contributed by atoms with Crippen LogP contribution in [0.3, 0.4) is 0 Å². The number of carboxylic acids is 1. The number of aliphatic carboxylic acids is 1. The summed E-state index contributed by atoms with van der Waals surface area (Å²) >= 11 is 0. The highest BCUT2D eigenvalue weighted by molar-refractivity contribution is 5.92. The van der Waals surface area contributed by atoms with E-state index in [0.29, 0.717) is 0 Å². The van der Waals surface area contributed by atoms with E-state index < -0.39 is 5.97 Å². The molecule has 1 aromatic rings. The maximum absolute atomic E-state index is 12.2. The van der Waals surface area contributed by atoms with Crippen LogP contribution in [0.15, 0.2) is 24.3 Å². The molecule has 2 saturated heterocycles. The molecule has 0 aromatic heterocycles. The van der Waals surface area contributed by atoms with E-state index >= 15 is 0 Å². The van der Waals surface area contributed by atoms with E-state index in [4.69, 9.17) is 9.90 Å². The highest BCUT2D eigenvalue weighted by Crippen LogP contribution is 2.21. The number of carbonyl (C=O) groups is 2. The molecule has 3 N–H and O–H groups in total. The zero-order valence-corrected chi connectivity index (χ0v) is 15.7. The summed E-state index contributed by atoms with van der Waals surface area (Å²) in [5.74, 6) is -0.521. The third-order valence-electron chi connectivity index (χ3n) is 4.71. The van der Waals surface area contributed by atoms with Crippen LogP contribution in [0.1, 0.15) is 19.8 Å². The smallest absolute Gasteiger partial charge is 0.300 e. The first-order chi connectivity index (χ1) is 12.5. The largest absolute Gasteiger partial charge is 0.481 e. The van der Waals surface area contributed by atoms with Gasteiger partial charge >= 0.3 is 0 Å². The molecule has 0 spiro atoms. The van der Waals surface area contributed by atoms with E-state index in [2.05, 4.69) is 39.6 Å². The number of nitrogens with one attached hydrogen (secondary N) is 2. The van der Waals surface area contributed by atoms with Crippen LogP contribution in [0, 0.1) is 5.92 Å². The van der Waals surface area contributed by atoms with Gasteiger partial charge in [0.1, 0.15) is 0 Å². The number of amides is 1. The van der Waals surface area contributed by atoms with Crippen molar-refractivity contribution in [1.82, 2.24) is 10.2 Å². The lowest BCUT2D eigenvalue weighted by Crippen LogP contribution is -2.44. The van der Waals surface area contributed by atoms with Gasteiger partial charge in [0.2, 0.25) is 5.91 Å². The second-order valence-corrected chi connectivity index (χ2v) is 6.87. The van der Waals surface area contributed by atoms with Crippen LogP contribution in [0.4, 0.5) is 11.4 Å². The fraction of sp³-hybridized carbons (Fsp3) is 0.579. The Labute approximate surface area is 155 Å². The Morgan fingerprint density at radius 3 is 2.15 bits per heavy atom. The van der Waals surface area contributed by atoms with Crippen molar-refractivity contribution in [3.8, 4) is 0 Å². The minimum absolute atomic E-state index is 0.151. The molecule has 2 fully saturated rings. The van der Waals surface area contributed by atoms with Crippen LogP contribution in [-0.4, -0.2) is 68.2 Å². The number of hydrogen-bond acceptors (Lipinski definition) is 5. The Morgan fingerprint density at radius 1 is 1.08 bits per heavy atom. The summed E-state index contributed by atoms with van der Waals surface area (Å²) < 4.78 is 0. The Balaban J connectivity index is 0.000000552. The van der Waals surface area contributed by atoms with Gasteiger partial charge in [0.25, 0.3) is 5.97 Å². The lowest BCUT2D eigenvalue weighted by molar-refractivity contribution is -0.134. The van der Waals surface area contributed by atoms with Crippen molar-refractivity contribution in [1.29, 1.82) is 0 Å². The highest BCUT2D eigenvalue weighted by atomic mass is 16.4. The molecule has 1 amide bonds. The van der Waals surface area contributed by atoms with Crippen molar-refractivity contribution in [2.24, 2.45) is 5.92 Å². The molecular formula is C19H30N4O3. The standard InChI is InChI=1S/C17H26N4O.C2H4O2/c1-20-10-12-21(13-11-20)16-4-2-15(3-5-16)19-17(22)14-6-8-18-9-7-14;1-2(3)4/h2-5,14,18H,6-13H2,1H3,(H,19,22);1H3,(H,3,4). The van der Waals surface area contributed by atoms with Crippen LogP contribution in [0.25, 0.3) is 0 Å². The molecule has 7 nitrogen and oxygen atoms in total. The summed E-state index contributed by atoms with van der Waals surface area (Å²) in [6.07, 6.45) is 1.87. The molecule has 2 heterocycles. The van der Waals surface area contributed by atoms with Gasteiger partial charge in [-0.15, -0.1) is 0 Å². The molecule has 0 radical (unpaired) electrons. The SMILES string of the molecule is CC(=O)O.CN1CCN(c2ccc(NC(=O)C3CCNCC3)cc2)CC1. The van der Waals surface area contributed by atoms with Gasteiger partial charge < -0.3 is 25.5 Å². The first kappa shape index (κ1) is 20.2. The minimum atomic E-state index is -0.833. The first-order valence-electron chi connectivity index (χ1n) is 9.20. The van der Waals surface area contributed by atoms with Gasteiger partial charge in [-0.25, -0.2) is 0 Å². The molecule has 1 aromatic carbocycles. The summed E-state index contributed by atoms with van der Waals surface area (Å²) in [7, 11) is 2.16. The topological polar surface area (TPSA) is 84.9 Å². The zero-order chi connectivity index (χ0) is 18.9. The molecule has 0 bridgehead atoms. The normalized spacial score (nSPS) is 18.6. The molecule has 144 valence electrons. The molecule has 0 aliphatic carbocycles. The molecule has 7 heteroatoms. The van der Waals surface area contributed by atoms with Crippen molar-refractivity contribution in [3.05, 3.63) is 24.3 Å². The van der Waals surface area contributed by atoms with E-state index in [1.807, 2.05) is 12.1 Å². The van der Waals surface area contributed by atoms with Gasteiger partial charge in [0.05, 0.1) is 0 Å². The van der Waals surface area contributed by atoms with Crippen molar-refractivity contribution < 1.29 is 14.7 Å². The Morgan fingerprint density at radius 2 is 1.62 bits per heavy atom. The number of carboxylic acid groups (broad SMARTS) is 1. The average Bonchev–Trinajstić information content (AvgIpc) is 2.63. The van der Waals surface area contributed by atoms with Crippen LogP contribution in [0.5, 0.6) is 0 Å². The number of rotatable bonds is 3. The number of hydrogen-bond donors (Lipinski definition) is 3. The Kier molecular flexibility index (Phi) is 7.87. The third-order valence-corrected chi connectivity index (χ3v) is 4.71. The van der Waals surface area contributed by atoms with Crippen LogP contribution in [0.2, 0.25) is 0 Å². The van der Waals surface area contributed by atoms with E-state index in [1.54, 1.807) is 0 Å². The Hall–Kier alpha value is -2.12. The lowest BCUT2D eigenvalue weighted by atomic mass is 9.97. The predicted octanol–water partition coefficient (Wildman–Crippen LogP) is 1.47. The van der Waals surface area contributed by atoms with Crippen molar-refractivity contribution in [2.75, 3.05) is 56.5 Å². The second-order valence-electron chi connectivity index (χ2n) is 6.87. The molecule has 0 atom stereocenters. The monoisotopic (exact) mass is 362 g/mol. The highest BCUT2D eigenvalue weighted by Gasteiger charge is 2.21. The third kappa shape index (κ3) is 6.65. The van der Waals surface area contributed by atoms with Gasteiger partial charge in [0, 0.05) is 50.4 Å². The van der Waals surface area contributed by atoms with E-state index in [-0.39, 0.29) is 11.8 Å². The molecule has 26 heavy (non-hydrogen) atoms. The van der Waals surface area contributed by atoms with Crippen LogP contribution < -0.4 is 15.5 Å². The molecule has 2 aliphatic heterocycles. The maximum atomic E-state index is 12.2. The molecular weight excluding hydrogens is 332 g/mol. The quantitative estimate of drug-likeness (QED) is 0.755. The summed E-state index contributed by atoms with van der Waals surface area (Å²) in [6, 6.07) is 8.27. The van der Waals surface area contributed by atoms with Crippen molar-refractivity contribution in [3.63, 3.8) is 0 Å². The van der Waals surface area contributed by atoms with Crippen LogP contribution >= 0.6 is 0 Å². The Bertz CT molecular complexity index is 573. The van der Waals surface area contributed by atoms with E-state index in [0.717, 1.165) is 64.7 Å². The number of anilines is 2.